The molecule has 0 N–H and O–H groups in total. The Hall–Kier alpha value is -1.08. The third kappa shape index (κ3) is 2.63. The van der Waals surface area contributed by atoms with Gasteiger partial charge in [0.1, 0.15) is 0 Å². The van der Waals surface area contributed by atoms with Crippen molar-refractivity contribution < 1.29 is 0 Å². The number of rotatable bonds is 0. The number of halogens is 4. The van der Waals surface area contributed by atoms with Crippen LogP contribution in [-0.2, 0) is 0 Å². The maximum absolute atomic E-state index is 7.05. The number of thiol groups is 4. The van der Waals surface area contributed by atoms with Gasteiger partial charge in [0.2, 0.25) is 0 Å². The largest absolute Gasteiger partial charge is 0.151 e. The van der Waals surface area contributed by atoms with Gasteiger partial charge in [-0.25, -0.2) is 0 Å². The molecule has 0 aliphatic carbocycles. The zero-order chi connectivity index (χ0) is 25.2. The molecule has 8 heteroatoms. The van der Waals surface area contributed by atoms with Crippen LogP contribution in [0.25, 0.3) is 86.3 Å². The van der Waals surface area contributed by atoms with Gasteiger partial charge < -0.3 is 0 Å². The highest BCUT2D eigenvalue weighted by molar-refractivity contribution is 7.89. The molecule has 7 aromatic carbocycles. The van der Waals surface area contributed by atoms with E-state index in [4.69, 9.17) is 46.4 Å². The summed E-state index contributed by atoms with van der Waals surface area (Å²) in [5, 5.41) is 24.0. The summed E-state index contributed by atoms with van der Waals surface area (Å²) in [6.45, 7) is 0. The van der Waals surface area contributed by atoms with Crippen LogP contribution >= 0.6 is 96.9 Å². The van der Waals surface area contributed by atoms with Gasteiger partial charge in [0.15, 0.2) is 0 Å². The molecule has 0 atom stereocenters. The fourth-order valence-electron chi connectivity index (χ4n) is 6.10. The van der Waals surface area contributed by atoms with Gasteiger partial charge >= 0.3 is 0 Å². The molecule has 0 unspecified atom stereocenters. The van der Waals surface area contributed by atoms with Gasteiger partial charge in [-0.05, 0) is 69.4 Å². The maximum Gasteiger partial charge on any atom is 0.0693 e. The minimum atomic E-state index is 0.364. The van der Waals surface area contributed by atoms with Crippen LogP contribution in [0.3, 0.4) is 0 Å². The van der Waals surface area contributed by atoms with E-state index in [-0.39, 0.29) is 0 Å². The molecule has 0 aliphatic rings. The van der Waals surface area contributed by atoms with Crippen molar-refractivity contribution in [1.82, 2.24) is 0 Å². The molecule has 0 aliphatic heterocycles. The van der Waals surface area contributed by atoms with E-state index in [9.17, 15) is 0 Å². The van der Waals surface area contributed by atoms with Crippen molar-refractivity contribution in [2.45, 2.75) is 0 Å². The first kappa shape index (κ1) is 24.0. The van der Waals surface area contributed by atoms with Gasteiger partial charge in [0, 0.05) is 37.7 Å². The Labute approximate surface area is 246 Å². The van der Waals surface area contributed by atoms with Crippen molar-refractivity contribution in [1.29, 1.82) is 0 Å². The average Bonchev–Trinajstić information content (AvgIpc) is 2.90. The van der Waals surface area contributed by atoms with E-state index in [0.717, 1.165) is 80.1 Å². The van der Waals surface area contributed by atoms with Crippen molar-refractivity contribution >= 4 is 183 Å². The standard InChI is InChI=1S/C28H12Cl4S4/c29-25-11-4-2-9-1-3-10-12(5-33)13(6-34)17-14(7-35)15(8-36)20-23-21(17)18(10)16(9)19(11)22(23)24(27(25)31)28(32)26(20)30/h1-8,33-36H. The summed E-state index contributed by atoms with van der Waals surface area (Å²) in [7, 11) is 0. The van der Waals surface area contributed by atoms with E-state index in [2.05, 4.69) is 68.7 Å². The first-order valence-corrected chi connectivity index (χ1v) is 14.3. The van der Waals surface area contributed by atoms with Gasteiger partial charge in [0.25, 0.3) is 0 Å². The normalized spacial score (nSPS) is 15.3. The zero-order valence-corrected chi connectivity index (χ0v) is 24.5. The molecule has 7 aromatic rings. The van der Waals surface area contributed by atoms with Crippen molar-refractivity contribution in [2.24, 2.45) is 0 Å². The lowest BCUT2D eigenvalue weighted by molar-refractivity contribution is 1.62. The van der Waals surface area contributed by atoms with Crippen LogP contribution in [0.5, 0.6) is 0 Å². The van der Waals surface area contributed by atoms with Crippen molar-refractivity contribution in [3.05, 3.63) is 65.2 Å². The van der Waals surface area contributed by atoms with E-state index in [1.54, 1.807) is 10.8 Å². The number of benzene rings is 7. The van der Waals surface area contributed by atoms with Gasteiger partial charge in [-0.2, -0.15) is 50.5 Å². The minimum Gasteiger partial charge on any atom is -0.151 e. The molecule has 0 amide bonds. The Balaban J connectivity index is 2.17. The van der Waals surface area contributed by atoms with E-state index in [0.29, 0.717) is 25.5 Å². The van der Waals surface area contributed by atoms with Crippen LogP contribution in [0.2, 0.25) is 20.1 Å². The first-order chi connectivity index (χ1) is 17.4. The van der Waals surface area contributed by atoms with E-state index >= 15 is 0 Å². The lowest BCUT2D eigenvalue weighted by atomic mass is 9.81. The predicted molar refractivity (Wildman–Crippen MR) is 177 cm³/mol. The molecule has 0 heterocycles. The second kappa shape index (κ2) is 8.21. The smallest absolute Gasteiger partial charge is 0.0693 e. The average molecular weight is 618 g/mol. The molecule has 0 nitrogen and oxygen atoms in total. The summed E-state index contributed by atoms with van der Waals surface area (Å²) in [4.78, 5) is 0. The lowest BCUT2D eigenvalue weighted by Gasteiger charge is -2.24. The van der Waals surface area contributed by atoms with Crippen molar-refractivity contribution in [2.75, 3.05) is 0 Å². The lowest BCUT2D eigenvalue weighted by Crippen LogP contribution is -2.36. The molecule has 7 rings (SSSR count). The predicted octanol–water partition coefficient (Wildman–Crippen LogP) is 8.20. The van der Waals surface area contributed by atoms with Gasteiger partial charge in [-0.15, -0.1) is 0 Å². The van der Waals surface area contributed by atoms with Gasteiger partial charge in [-0.1, -0.05) is 70.7 Å². The van der Waals surface area contributed by atoms with E-state index in [1.165, 1.54) is 0 Å². The molecule has 0 spiro atoms. The maximum atomic E-state index is 7.05. The quantitative estimate of drug-likeness (QED) is 0.0736. The van der Waals surface area contributed by atoms with Crippen LogP contribution in [0.15, 0.2) is 24.3 Å². The Morgan fingerprint density at radius 1 is 0.389 bits per heavy atom. The molecule has 0 saturated carbocycles. The molecule has 0 bridgehead atoms. The van der Waals surface area contributed by atoms with Gasteiger partial charge in [-0.3, -0.25) is 0 Å². The molecule has 176 valence electrons. The SMILES string of the molecule is SC=c1c(=CS)c2c(=CS)c(=CS)c3c(Cl)c(Cl)c4c(Cl)c(Cl)c5ccc6ccc1c1c6c5c4c3c21. The Kier molecular flexibility index (Phi) is 5.47. The number of hydrogen-bond donors (Lipinski definition) is 4. The van der Waals surface area contributed by atoms with Crippen LogP contribution in [0, 0.1) is 0 Å². The summed E-state index contributed by atoms with van der Waals surface area (Å²) in [5.41, 5.74) is 0. The van der Waals surface area contributed by atoms with Crippen LogP contribution in [-0.4, -0.2) is 0 Å². The van der Waals surface area contributed by atoms with Crippen molar-refractivity contribution in [3.8, 4) is 0 Å². The third-order valence-corrected chi connectivity index (χ3v) is 10.2. The third-order valence-electron chi connectivity index (χ3n) is 7.41. The van der Waals surface area contributed by atoms with Crippen LogP contribution in [0.4, 0.5) is 0 Å². The Morgan fingerprint density at radius 3 is 1.47 bits per heavy atom. The molecule has 0 saturated heterocycles. The first-order valence-electron chi connectivity index (χ1n) is 10.8. The molecule has 0 aromatic heterocycles. The van der Waals surface area contributed by atoms with E-state index < -0.39 is 0 Å². The molecular formula is C28H12Cl4S4. The van der Waals surface area contributed by atoms with E-state index in [1.807, 2.05) is 16.9 Å². The van der Waals surface area contributed by atoms with Gasteiger partial charge in [0.05, 0.1) is 20.1 Å². The molecule has 36 heavy (non-hydrogen) atoms. The fraction of sp³-hybridized carbons (Fsp3) is 0. The zero-order valence-electron chi connectivity index (χ0n) is 17.9. The summed E-state index contributed by atoms with van der Waals surface area (Å²) < 4.78 is 0. The molecular weight excluding hydrogens is 606 g/mol. The topological polar surface area (TPSA) is 0 Å². The summed E-state index contributed by atoms with van der Waals surface area (Å²) in [5.74, 6) is 0. The summed E-state index contributed by atoms with van der Waals surface area (Å²) in [6.07, 6.45) is 0. The second-order valence-electron chi connectivity index (χ2n) is 8.75. The Morgan fingerprint density at radius 2 is 0.833 bits per heavy atom. The number of hydrogen-bond acceptors (Lipinski definition) is 4. The second-order valence-corrected chi connectivity index (χ2v) is 11.3. The van der Waals surface area contributed by atoms with Crippen LogP contribution < -0.4 is 20.9 Å². The summed E-state index contributed by atoms with van der Waals surface area (Å²) in [6, 6.07) is 8.37. The summed E-state index contributed by atoms with van der Waals surface area (Å²) >= 11 is 46.3. The fourth-order valence-corrected chi connectivity index (χ4v) is 8.35. The van der Waals surface area contributed by atoms with Crippen LogP contribution in [0.1, 0.15) is 0 Å². The molecule has 0 fully saturated rings. The monoisotopic (exact) mass is 616 g/mol. The highest BCUT2D eigenvalue weighted by Crippen LogP contribution is 2.53. The highest BCUT2D eigenvalue weighted by Gasteiger charge is 2.28. The Bertz CT molecular complexity index is 2340. The molecule has 0 radical (unpaired) electrons. The minimum absolute atomic E-state index is 0.364. The van der Waals surface area contributed by atoms with Crippen molar-refractivity contribution in [3.63, 3.8) is 0 Å². The highest BCUT2D eigenvalue weighted by atomic mass is 35.5.